The third-order valence-electron chi connectivity index (χ3n) is 4.61. The summed E-state index contributed by atoms with van der Waals surface area (Å²) in [6, 6.07) is 0.306. The molecular weight excluding hydrogens is 236 g/mol. The summed E-state index contributed by atoms with van der Waals surface area (Å²) in [4.78, 5) is 12.6. The molecule has 2 atom stereocenters. The lowest BCUT2D eigenvalue weighted by Crippen LogP contribution is -2.48. The lowest BCUT2D eigenvalue weighted by Gasteiger charge is -2.32. The van der Waals surface area contributed by atoms with Gasteiger partial charge in [-0.3, -0.25) is 4.79 Å². The van der Waals surface area contributed by atoms with E-state index in [1.165, 1.54) is 25.7 Å². The zero-order chi connectivity index (χ0) is 14.3. The molecule has 0 bridgehead atoms. The molecule has 19 heavy (non-hydrogen) atoms. The van der Waals surface area contributed by atoms with Crippen LogP contribution in [-0.4, -0.2) is 25.0 Å². The average Bonchev–Trinajstić information content (AvgIpc) is 2.85. The van der Waals surface area contributed by atoms with Crippen LogP contribution in [0.4, 0.5) is 0 Å². The molecule has 0 aromatic heterocycles. The lowest BCUT2D eigenvalue weighted by molar-refractivity contribution is -0.133. The first-order valence-corrected chi connectivity index (χ1v) is 8.04. The Hall–Kier alpha value is -0.570. The third kappa shape index (κ3) is 4.48. The molecule has 2 unspecified atom stereocenters. The minimum atomic E-state index is -0.183. The molecule has 0 spiro atoms. The lowest BCUT2D eigenvalue weighted by atomic mass is 9.75. The molecular formula is C16H32N2O. The van der Waals surface area contributed by atoms with Gasteiger partial charge in [-0.25, -0.2) is 0 Å². The van der Waals surface area contributed by atoms with Crippen molar-refractivity contribution in [3.8, 4) is 0 Å². The summed E-state index contributed by atoms with van der Waals surface area (Å²) >= 11 is 0. The molecule has 1 saturated heterocycles. The van der Waals surface area contributed by atoms with E-state index in [4.69, 9.17) is 0 Å². The van der Waals surface area contributed by atoms with Crippen molar-refractivity contribution in [1.82, 2.24) is 10.6 Å². The monoisotopic (exact) mass is 268 g/mol. The average molecular weight is 268 g/mol. The van der Waals surface area contributed by atoms with Gasteiger partial charge in [0.15, 0.2) is 0 Å². The number of amides is 1. The highest BCUT2D eigenvalue weighted by atomic mass is 16.2. The second-order valence-electron chi connectivity index (χ2n) is 6.46. The molecule has 1 rings (SSSR count). The van der Waals surface area contributed by atoms with Gasteiger partial charge in [0.2, 0.25) is 5.91 Å². The summed E-state index contributed by atoms with van der Waals surface area (Å²) in [6.07, 6.45) is 7.16. The molecule has 1 fully saturated rings. The van der Waals surface area contributed by atoms with Gasteiger partial charge in [-0.2, -0.15) is 0 Å². The molecule has 112 valence electrons. The zero-order valence-corrected chi connectivity index (χ0v) is 13.2. The fraction of sp³-hybridized carbons (Fsp3) is 0.938. The van der Waals surface area contributed by atoms with E-state index in [1.54, 1.807) is 0 Å². The van der Waals surface area contributed by atoms with Gasteiger partial charge in [0.25, 0.3) is 0 Å². The van der Waals surface area contributed by atoms with Gasteiger partial charge in [-0.05, 0) is 32.2 Å². The summed E-state index contributed by atoms with van der Waals surface area (Å²) in [5.74, 6) is 0.658. The Bertz CT molecular complexity index is 270. The van der Waals surface area contributed by atoms with E-state index in [0.717, 1.165) is 25.9 Å². The SMILES string of the molecule is CCCCCCC(C)NC(=O)C1(C(C)C)CCNC1. The predicted molar refractivity (Wildman–Crippen MR) is 81.1 cm³/mol. The molecule has 1 aliphatic rings. The summed E-state index contributed by atoms with van der Waals surface area (Å²) in [5, 5.41) is 6.59. The Morgan fingerprint density at radius 3 is 2.53 bits per heavy atom. The van der Waals surface area contributed by atoms with Crippen LogP contribution in [0.5, 0.6) is 0 Å². The number of hydrogen-bond donors (Lipinski definition) is 2. The Balaban J connectivity index is 2.40. The summed E-state index contributed by atoms with van der Waals surface area (Å²) in [5.41, 5.74) is -0.183. The zero-order valence-electron chi connectivity index (χ0n) is 13.2. The van der Waals surface area contributed by atoms with Crippen LogP contribution in [0.25, 0.3) is 0 Å². The standard InChI is InChI=1S/C16H32N2O/c1-5-6-7-8-9-14(4)18-15(19)16(13(2)3)10-11-17-12-16/h13-14,17H,5-12H2,1-4H3,(H,18,19). The van der Waals surface area contributed by atoms with Crippen LogP contribution in [-0.2, 0) is 4.79 Å². The first-order chi connectivity index (χ1) is 9.03. The van der Waals surface area contributed by atoms with Crippen LogP contribution >= 0.6 is 0 Å². The molecule has 0 aliphatic carbocycles. The molecule has 1 amide bonds. The number of carbonyl (C=O) groups is 1. The Morgan fingerprint density at radius 2 is 2.00 bits per heavy atom. The van der Waals surface area contributed by atoms with E-state index < -0.39 is 0 Å². The second kappa shape index (κ2) is 7.88. The third-order valence-corrected chi connectivity index (χ3v) is 4.61. The summed E-state index contributed by atoms with van der Waals surface area (Å²) in [6.45, 7) is 10.5. The Labute approximate surface area is 118 Å². The van der Waals surface area contributed by atoms with Crippen LogP contribution in [0.1, 0.15) is 66.2 Å². The van der Waals surface area contributed by atoms with Crippen LogP contribution in [0.3, 0.4) is 0 Å². The maximum atomic E-state index is 12.6. The molecule has 0 saturated carbocycles. The molecule has 1 aliphatic heterocycles. The minimum Gasteiger partial charge on any atom is -0.353 e. The normalized spacial score (nSPS) is 24.7. The number of unbranched alkanes of at least 4 members (excludes halogenated alkanes) is 3. The molecule has 0 aromatic carbocycles. The number of hydrogen-bond acceptors (Lipinski definition) is 2. The van der Waals surface area contributed by atoms with Gasteiger partial charge in [-0.1, -0.05) is 46.5 Å². The van der Waals surface area contributed by atoms with Crippen molar-refractivity contribution >= 4 is 5.91 Å². The molecule has 2 N–H and O–H groups in total. The van der Waals surface area contributed by atoms with Gasteiger partial charge < -0.3 is 10.6 Å². The number of rotatable bonds is 8. The van der Waals surface area contributed by atoms with Gasteiger partial charge in [0.1, 0.15) is 0 Å². The van der Waals surface area contributed by atoms with E-state index in [-0.39, 0.29) is 11.3 Å². The van der Waals surface area contributed by atoms with E-state index in [9.17, 15) is 4.79 Å². The Morgan fingerprint density at radius 1 is 1.26 bits per heavy atom. The van der Waals surface area contributed by atoms with E-state index in [0.29, 0.717) is 12.0 Å². The van der Waals surface area contributed by atoms with Crippen molar-refractivity contribution in [2.75, 3.05) is 13.1 Å². The first-order valence-electron chi connectivity index (χ1n) is 8.04. The van der Waals surface area contributed by atoms with Gasteiger partial charge in [0.05, 0.1) is 5.41 Å². The van der Waals surface area contributed by atoms with Crippen molar-refractivity contribution in [3.05, 3.63) is 0 Å². The quantitative estimate of drug-likeness (QED) is 0.664. The van der Waals surface area contributed by atoms with E-state index in [2.05, 4.69) is 38.3 Å². The van der Waals surface area contributed by atoms with Gasteiger partial charge in [0, 0.05) is 12.6 Å². The van der Waals surface area contributed by atoms with E-state index in [1.807, 2.05) is 0 Å². The first kappa shape index (κ1) is 16.5. The molecule has 1 heterocycles. The molecule has 3 heteroatoms. The van der Waals surface area contributed by atoms with Crippen molar-refractivity contribution in [2.45, 2.75) is 72.3 Å². The number of carbonyl (C=O) groups excluding carboxylic acids is 1. The smallest absolute Gasteiger partial charge is 0.228 e. The highest BCUT2D eigenvalue weighted by Crippen LogP contribution is 2.34. The van der Waals surface area contributed by atoms with Gasteiger partial charge >= 0.3 is 0 Å². The fourth-order valence-electron chi connectivity index (χ4n) is 2.98. The maximum Gasteiger partial charge on any atom is 0.228 e. The van der Waals surface area contributed by atoms with Crippen LogP contribution in [0.15, 0.2) is 0 Å². The van der Waals surface area contributed by atoms with Crippen LogP contribution < -0.4 is 10.6 Å². The molecule has 3 nitrogen and oxygen atoms in total. The van der Waals surface area contributed by atoms with Crippen molar-refractivity contribution in [2.24, 2.45) is 11.3 Å². The molecule has 0 radical (unpaired) electrons. The van der Waals surface area contributed by atoms with E-state index >= 15 is 0 Å². The largest absolute Gasteiger partial charge is 0.353 e. The maximum absolute atomic E-state index is 12.6. The van der Waals surface area contributed by atoms with Crippen molar-refractivity contribution in [3.63, 3.8) is 0 Å². The van der Waals surface area contributed by atoms with Crippen LogP contribution in [0, 0.1) is 11.3 Å². The number of nitrogens with one attached hydrogen (secondary N) is 2. The molecule has 0 aromatic rings. The topological polar surface area (TPSA) is 41.1 Å². The summed E-state index contributed by atoms with van der Waals surface area (Å²) in [7, 11) is 0. The highest BCUT2D eigenvalue weighted by molar-refractivity contribution is 5.83. The summed E-state index contributed by atoms with van der Waals surface area (Å²) < 4.78 is 0. The van der Waals surface area contributed by atoms with Crippen LogP contribution in [0.2, 0.25) is 0 Å². The van der Waals surface area contributed by atoms with Crippen molar-refractivity contribution < 1.29 is 4.79 Å². The fourth-order valence-corrected chi connectivity index (χ4v) is 2.98. The highest BCUT2D eigenvalue weighted by Gasteiger charge is 2.43. The Kier molecular flexibility index (Phi) is 6.84. The predicted octanol–water partition coefficient (Wildman–Crippen LogP) is 3.10. The second-order valence-corrected chi connectivity index (χ2v) is 6.46. The van der Waals surface area contributed by atoms with Crippen molar-refractivity contribution in [1.29, 1.82) is 0 Å². The minimum absolute atomic E-state index is 0.183. The van der Waals surface area contributed by atoms with Gasteiger partial charge in [-0.15, -0.1) is 0 Å².